The molecule has 84 valence electrons. The molecule has 1 aromatic rings. The molecule has 1 aromatic heterocycles. The Bertz CT molecular complexity index is 310. The Morgan fingerprint density at radius 3 is 2.67 bits per heavy atom. The molecule has 0 saturated heterocycles. The first-order chi connectivity index (χ1) is 7.11. The van der Waals surface area contributed by atoms with Crippen LogP contribution in [-0.2, 0) is 12.8 Å². The number of aromatic nitrogens is 2. The summed E-state index contributed by atoms with van der Waals surface area (Å²) >= 11 is 5.96. The molecule has 0 aliphatic heterocycles. The van der Waals surface area contributed by atoms with Crippen LogP contribution in [0.4, 0.5) is 0 Å². The lowest BCUT2D eigenvalue weighted by Gasteiger charge is -2.06. The molecular formula is C12H19ClN2. The molecular weight excluding hydrogens is 208 g/mol. The lowest BCUT2D eigenvalue weighted by atomic mass is 10.1. The number of unbranched alkanes of at least 4 members (excludes halogenated alkanes) is 1. The number of nitrogens with zero attached hydrogens (tertiary/aromatic N) is 2. The molecule has 3 heteroatoms. The minimum absolute atomic E-state index is 0.576. The van der Waals surface area contributed by atoms with Crippen LogP contribution >= 0.6 is 11.6 Å². The highest BCUT2D eigenvalue weighted by Crippen LogP contribution is 2.12. The Morgan fingerprint density at radius 1 is 1.33 bits per heavy atom. The Balaban J connectivity index is 2.75. The largest absolute Gasteiger partial charge is 0.238 e. The second-order valence-electron chi connectivity index (χ2n) is 4.30. The molecule has 0 aromatic carbocycles. The molecule has 15 heavy (non-hydrogen) atoms. The summed E-state index contributed by atoms with van der Waals surface area (Å²) < 4.78 is 0. The summed E-state index contributed by atoms with van der Waals surface area (Å²) in [6.07, 6.45) is 4.19. The number of hydrogen-bond donors (Lipinski definition) is 0. The fourth-order valence-electron chi connectivity index (χ4n) is 1.49. The quantitative estimate of drug-likeness (QED) is 0.716. The number of hydrogen-bond acceptors (Lipinski definition) is 2. The van der Waals surface area contributed by atoms with Gasteiger partial charge in [-0.15, -0.1) is 0 Å². The maximum atomic E-state index is 5.96. The van der Waals surface area contributed by atoms with E-state index in [4.69, 9.17) is 11.6 Å². The molecule has 2 nitrogen and oxygen atoms in total. The van der Waals surface area contributed by atoms with Gasteiger partial charge in [0.25, 0.3) is 0 Å². The predicted molar refractivity (Wildman–Crippen MR) is 64.2 cm³/mol. The third kappa shape index (κ3) is 4.61. The van der Waals surface area contributed by atoms with E-state index in [9.17, 15) is 0 Å². The summed E-state index contributed by atoms with van der Waals surface area (Å²) in [6, 6.07) is 1.87. The van der Waals surface area contributed by atoms with E-state index in [0.717, 1.165) is 37.2 Å². The summed E-state index contributed by atoms with van der Waals surface area (Å²) in [4.78, 5) is 8.75. The van der Waals surface area contributed by atoms with Gasteiger partial charge in [0, 0.05) is 12.1 Å². The Labute approximate surface area is 97.1 Å². The fraction of sp³-hybridized carbons (Fsp3) is 0.667. The summed E-state index contributed by atoms with van der Waals surface area (Å²) in [7, 11) is 0. The molecule has 0 spiro atoms. The van der Waals surface area contributed by atoms with Gasteiger partial charge in [-0.2, -0.15) is 0 Å². The van der Waals surface area contributed by atoms with Crippen molar-refractivity contribution < 1.29 is 0 Å². The molecule has 0 radical (unpaired) electrons. The van der Waals surface area contributed by atoms with Crippen molar-refractivity contribution in [2.75, 3.05) is 0 Å². The standard InChI is InChI=1S/C12H19ClN2/c1-4-5-6-12-14-10(7-9(2)3)8-11(13)15-12/h8-9H,4-7H2,1-3H3. The lowest BCUT2D eigenvalue weighted by molar-refractivity contribution is 0.627. The molecule has 0 amide bonds. The topological polar surface area (TPSA) is 25.8 Å². The van der Waals surface area contributed by atoms with Crippen LogP contribution in [0.3, 0.4) is 0 Å². The second-order valence-corrected chi connectivity index (χ2v) is 4.69. The summed E-state index contributed by atoms with van der Waals surface area (Å²) in [6.45, 7) is 6.53. The molecule has 0 fully saturated rings. The van der Waals surface area contributed by atoms with Crippen molar-refractivity contribution in [2.24, 2.45) is 5.92 Å². The third-order valence-corrected chi connectivity index (χ3v) is 2.36. The first-order valence-corrected chi connectivity index (χ1v) is 6.02. The molecule has 0 atom stereocenters. The monoisotopic (exact) mass is 226 g/mol. The zero-order valence-electron chi connectivity index (χ0n) is 9.76. The Morgan fingerprint density at radius 2 is 2.07 bits per heavy atom. The van der Waals surface area contributed by atoms with Crippen LogP contribution in [0.25, 0.3) is 0 Å². The van der Waals surface area contributed by atoms with Gasteiger partial charge in [0.15, 0.2) is 0 Å². The number of aryl methyl sites for hydroxylation is 1. The van der Waals surface area contributed by atoms with E-state index >= 15 is 0 Å². The first kappa shape index (κ1) is 12.4. The third-order valence-electron chi connectivity index (χ3n) is 2.17. The minimum Gasteiger partial charge on any atom is -0.238 e. The van der Waals surface area contributed by atoms with Crippen LogP contribution < -0.4 is 0 Å². The van der Waals surface area contributed by atoms with E-state index in [2.05, 4.69) is 30.7 Å². The zero-order chi connectivity index (χ0) is 11.3. The summed E-state index contributed by atoms with van der Waals surface area (Å²) in [5.41, 5.74) is 1.07. The highest BCUT2D eigenvalue weighted by Gasteiger charge is 2.04. The van der Waals surface area contributed by atoms with E-state index in [1.807, 2.05) is 6.07 Å². The molecule has 0 aliphatic carbocycles. The molecule has 0 bridgehead atoms. The second kappa shape index (κ2) is 6.06. The van der Waals surface area contributed by atoms with Gasteiger partial charge < -0.3 is 0 Å². The van der Waals surface area contributed by atoms with Gasteiger partial charge in [-0.05, 0) is 24.8 Å². The van der Waals surface area contributed by atoms with Crippen molar-refractivity contribution in [1.82, 2.24) is 9.97 Å². The van der Waals surface area contributed by atoms with Crippen LogP contribution in [0, 0.1) is 5.92 Å². The van der Waals surface area contributed by atoms with E-state index in [1.165, 1.54) is 0 Å². The van der Waals surface area contributed by atoms with Crippen molar-refractivity contribution in [3.05, 3.63) is 22.7 Å². The normalized spacial score (nSPS) is 11.0. The van der Waals surface area contributed by atoms with Crippen molar-refractivity contribution >= 4 is 11.6 Å². The van der Waals surface area contributed by atoms with E-state index in [-0.39, 0.29) is 0 Å². The molecule has 1 heterocycles. The van der Waals surface area contributed by atoms with Crippen LogP contribution in [0.2, 0.25) is 5.15 Å². The fourth-order valence-corrected chi connectivity index (χ4v) is 1.71. The van der Waals surface area contributed by atoms with Gasteiger partial charge in [0.05, 0.1) is 0 Å². The van der Waals surface area contributed by atoms with Crippen molar-refractivity contribution in [3.8, 4) is 0 Å². The maximum absolute atomic E-state index is 5.96. The van der Waals surface area contributed by atoms with Gasteiger partial charge in [-0.25, -0.2) is 9.97 Å². The van der Waals surface area contributed by atoms with Crippen LogP contribution in [0.15, 0.2) is 6.07 Å². The van der Waals surface area contributed by atoms with Crippen molar-refractivity contribution in [3.63, 3.8) is 0 Å². The average molecular weight is 227 g/mol. The van der Waals surface area contributed by atoms with Gasteiger partial charge in [-0.3, -0.25) is 0 Å². The first-order valence-electron chi connectivity index (χ1n) is 5.64. The van der Waals surface area contributed by atoms with Crippen LogP contribution in [0.1, 0.15) is 45.1 Å². The molecule has 0 saturated carbocycles. The SMILES string of the molecule is CCCCc1nc(Cl)cc(CC(C)C)n1. The predicted octanol–water partition coefficient (Wildman–Crippen LogP) is 3.67. The highest BCUT2D eigenvalue weighted by molar-refractivity contribution is 6.29. The molecule has 0 unspecified atom stereocenters. The smallest absolute Gasteiger partial charge is 0.133 e. The van der Waals surface area contributed by atoms with Gasteiger partial charge in [0.1, 0.15) is 11.0 Å². The maximum Gasteiger partial charge on any atom is 0.133 e. The van der Waals surface area contributed by atoms with Crippen molar-refractivity contribution in [1.29, 1.82) is 0 Å². The lowest BCUT2D eigenvalue weighted by Crippen LogP contribution is -2.03. The number of halogens is 1. The Hall–Kier alpha value is -0.630. The van der Waals surface area contributed by atoms with E-state index in [1.54, 1.807) is 0 Å². The van der Waals surface area contributed by atoms with Crippen LogP contribution in [0.5, 0.6) is 0 Å². The Kier molecular flexibility index (Phi) is 5.03. The van der Waals surface area contributed by atoms with Crippen molar-refractivity contribution in [2.45, 2.75) is 46.5 Å². The minimum atomic E-state index is 0.576. The van der Waals surface area contributed by atoms with Gasteiger partial charge >= 0.3 is 0 Å². The summed E-state index contributed by atoms with van der Waals surface area (Å²) in [5.74, 6) is 1.50. The number of rotatable bonds is 5. The summed E-state index contributed by atoms with van der Waals surface area (Å²) in [5, 5.41) is 0.576. The zero-order valence-corrected chi connectivity index (χ0v) is 10.5. The van der Waals surface area contributed by atoms with Gasteiger partial charge in [0.2, 0.25) is 0 Å². The van der Waals surface area contributed by atoms with E-state index in [0.29, 0.717) is 11.1 Å². The van der Waals surface area contributed by atoms with Crippen LogP contribution in [-0.4, -0.2) is 9.97 Å². The van der Waals surface area contributed by atoms with E-state index < -0.39 is 0 Å². The molecule has 0 N–H and O–H groups in total. The molecule has 1 rings (SSSR count). The highest BCUT2D eigenvalue weighted by atomic mass is 35.5. The molecule has 0 aliphatic rings. The van der Waals surface area contributed by atoms with Gasteiger partial charge in [-0.1, -0.05) is 38.8 Å². The average Bonchev–Trinajstić information content (AvgIpc) is 2.12.